The molecule has 3 heteroatoms. The van der Waals surface area contributed by atoms with E-state index in [0.717, 1.165) is 27.5 Å². The van der Waals surface area contributed by atoms with Crippen LogP contribution in [0, 0.1) is 32.1 Å². The zero-order chi connectivity index (χ0) is 16.1. The molecule has 2 rings (SSSR count). The maximum atomic E-state index is 9.35. The Morgan fingerprint density at radius 2 is 1.68 bits per heavy atom. The Labute approximate surface area is 137 Å². The molecule has 0 aliphatic heterocycles. The summed E-state index contributed by atoms with van der Waals surface area (Å²) >= 11 is 6.15. The van der Waals surface area contributed by atoms with Crippen LogP contribution in [-0.2, 0) is 0 Å². The first-order valence-corrected chi connectivity index (χ1v) is 7.75. The van der Waals surface area contributed by atoms with E-state index in [-0.39, 0.29) is 5.92 Å². The van der Waals surface area contributed by atoms with Gasteiger partial charge in [-0.15, -0.1) is 0 Å². The second kappa shape index (κ2) is 7.33. The van der Waals surface area contributed by atoms with Gasteiger partial charge in [-0.1, -0.05) is 41.4 Å². The molecular weight excluding hydrogens is 294 g/mol. The Bertz CT molecular complexity index is 663. The third-order valence-corrected chi connectivity index (χ3v) is 4.32. The van der Waals surface area contributed by atoms with E-state index in [0.29, 0.717) is 13.0 Å². The number of benzene rings is 2. The third kappa shape index (κ3) is 4.02. The summed E-state index contributed by atoms with van der Waals surface area (Å²) in [4.78, 5) is 0. The van der Waals surface area contributed by atoms with E-state index >= 15 is 0 Å². The Hall–Kier alpha value is -1.98. The van der Waals surface area contributed by atoms with Gasteiger partial charge in [0, 0.05) is 11.4 Å². The normalized spacial score (nSPS) is 11.8. The average Bonchev–Trinajstić information content (AvgIpc) is 2.50. The van der Waals surface area contributed by atoms with Crippen LogP contribution in [0.1, 0.15) is 34.6 Å². The van der Waals surface area contributed by atoms with Crippen LogP contribution in [-0.4, -0.2) is 6.61 Å². The van der Waals surface area contributed by atoms with E-state index in [1.165, 1.54) is 5.56 Å². The molecule has 1 unspecified atom stereocenters. The zero-order valence-corrected chi connectivity index (χ0v) is 13.9. The van der Waals surface area contributed by atoms with Crippen LogP contribution in [0.15, 0.2) is 36.4 Å². The van der Waals surface area contributed by atoms with Crippen LogP contribution < -0.4 is 4.74 Å². The van der Waals surface area contributed by atoms with Gasteiger partial charge in [-0.3, -0.25) is 0 Å². The molecule has 0 aliphatic rings. The van der Waals surface area contributed by atoms with Gasteiger partial charge < -0.3 is 4.74 Å². The SMILES string of the molecule is Cc1ccc(C(C#N)CCOc2cc(C)c(Cl)c(C)c2)cc1. The lowest BCUT2D eigenvalue weighted by molar-refractivity contribution is 0.305. The number of ether oxygens (including phenoxy) is 1. The fourth-order valence-electron chi connectivity index (χ4n) is 2.39. The van der Waals surface area contributed by atoms with Crippen molar-refractivity contribution in [3.8, 4) is 11.8 Å². The molecule has 0 spiro atoms. The van der Waals surface area contributed by atoms with E-state index in [1.807, 2.05) is 57.2 Å². The highest BCUT2D eigenvalue weighted by atomic mass is 35.5. The van der Waals surface area contributed by atoms with Crippen molar-refractivity contribution in [1.29, 1.82) is 5.26 Å². The molecule has 2 aromatic carbocycles. The second-order valence-corrected chi connectivity index (χ2v) is 5.98. The minimum absolute atomic E-state index is 0.143. The predicted octanol–water partition coefficient (Wildman–Crippen LogP) is 5.34. The van der Waals surface area contributed by atoms with Crippen molar-refractivity contribution >= 4 is 11.6 Å². The summed E-state index contributed by atoms with van der Waals surface area (Å²) in [5, 5.41) is 10.1. The molecule has 2 nitrogen and oxygen atoms in total. The molecule has 0 aliphatic carbocycles. The summed E-state index contributed by atoms with van der Waals surface area (Å²) in [7, 11) is 0. The highest BCUT2D eigenvalue weighted by Crippen LogP contribution is 2.26. The number of halogens is 1. The van der Waals surface area contributed by atoms with Crippen LogP contribution in [0.25, 0.3) is 0 Å². The van der Waals surface area contributed by atoms with Gasteiger partial charge in [-0.25, -0.2) is 0 Å². The molecule has 0 amide bonds. The maximum absolute atomic E-state index is 9.35. The fraction of sp³-hybridized carbons (Fsp3) is 0.316. The van der Waals surface area contributed by atoms with Gasteiger partial charge in [-0.2, -0.15) is 5.26 Å². The van der Waals surface area contributed by atoms with Gasteiger partial charge in [0.1, 0.15) is 5.75 Å². The van der Waals surface area contributed by atoms with Gasteiger partial charge in [0.05, 0.1) is 18.6 Å². The first kappa shape index (κ1) is 16.4. The van der Waals surface area contributed by atoms with Gasteiger partial charge in [-0.05, 0) is 49.6 Å². The fourth-order valence-corrected chi connectivity index (χ4v) is 2.50. The van der Waals surface area contributed by atoms with Crippen molar-refractivity contribution in [1.82, 2.24) is 0 Å². The van der Waals surface area contributed by atoms with Gasteiger partial charge in [0.2, 0.25) is 0 Å². The molecule has 0 radical (unpaired) electrons. The number of nitrogens with zero attached hydrogens (tertiary/aromatic N) is 1. The van der Waals surface area contributed by atoms with Crippen LogP contribution in [0.4, 0.5) is 0 Å². The molecule has 0 saturated carbocycles. The lowest BCUT2D eigenvalue weighted by Gasteiger charge is -2.13. The van der Waals surface area contributed by atoms with Gasteiger partial charge in [0.15, 0.2) is 0 Å². The maximum Gasteiger partial charge on any atom is 0.119 e. The van der Waals surface area contributed by atoms with Crippen LogP contribution in [0.5, 0.6) is 5.75 Å². The predicted molar refractivity (Wildman–Crippen MR) is 90.6 cm³/mol. The van der Waals surface area contributed by atoms with E-state index in [4.69, 9.17) is 16.3 Å². The molecule has 114 valence electrons. The minimum atomic E-state index is -0.143. The Morgan fingerprint density at radius 3 is 2.23 bits per heavy atom. The van der Waals surface area contributed by atoms with Crippen molar-refractivity contribution < 1.29 is 4.74 Å². The standard InChI is InChI=1S/C19H20ClNO/c1-13-4-6-16(7-5-13)17(12-21)8-9-22-18-10-14(2)19(20)15(3)11-18/h4-7,10-11,17H,8-9H2,1-3H3. The number of rotatable bonds is 5. The smallest absolute Gasteiger partial charge is 0.119 e. The van der Waals surface area contributed by atoms with Crippen LogP contribution in [0.2, 0.25) is 5.02 Å². The molecule has 2 aromatic rings. The molecule has 0 aromatic heterocycles. The Morgan fingerprint density at radius 1 is 1.09 bits per heavy atom. The summed E-state index contributed by atoms with van der Waals surface area (Å²) < 4.78 is 5.79. The quantitative estimate of drug-likeness (QED) is 0.746. The van der Waals surface area contributed by atoms with Crippen molar-refractivity contribution in [3.63, 3.8) is 0 Å². The topological polar surface area (TPSA) is 33.0 Å². The van der Waals surface area contributed by atoms with Crippen molar-refractivity contribution in [2.24, 2.45) is 0 Å². The number of aryl methyl sites for hydroxylation is 3. The van der Waals surface area contributed by atoms with Crippen LogP contribution >= 0.6 is 11.6 Å². The molecule has 1 atom stereocenters. The molecule has 0 saturated heterocycles. The zero-order valence-electron chi connectivity index (χ0n) is 13.2. The van der Waals surface area contributed by atoms with E-state index in [2.05, 4.69) is 6.07 Å². The largest absolute Gasteiger partial charge is 0.494 e. The van der Waals surface area contributed by atoms with Crippen molar-refractivity contribution in [2.45, 2.75) is 33.1 Å². The van der Waals surface area contributed by atoms with Crippen molar-refractivity contribution in [3.05, 3.63) is 63.7 Å². The summed E-state index contributed by atoms with van der Waals surface area (Å²) in [6, 6.07) is 14.3. The van der Waals surface area contributed by atoms with Gasteiger partial charge >= 0.3 is 0 Å². The molecule has 22 heavy (non-hydrogen) atoms. The molecule has 0 N–H and O–H groups in total. The lowest BCUT2D eigenvalue weighted by Crippen LogP contribution is -2.05. The summed E-state index contributed by atoms with van der Waals surface area (Å²) in [6.07, 6.45) is 0.667. The highest BCUT2D eigenvalue weighted by molar-refractivity contribution is 6.32. The van der Waals surface area contributed by atoms with Crippen LogP contribution in [0.3, 0.4) is 0 Å². The average molecular weight is 314 g/mol. The number of nitriles is 1. The molecular formula is C19H20ClNO. The summed E-state index contributed by atoms with van der Waals surface area (Å²) in [6.45, 7) is 6.48. The van der Waals surface area contributed by atoms with E-state index < -0.39 is 0 Å². The first-order chi connectivity index (χ1) is 10.5. The Kier molecular flexibility index (Phi) is 5.46. The molecule has 0 fully saturated rings. The highest BCUT2D eigenvalue weighted by Gasteiger charge is 2.11. The monoisotopic (exact) mass is 313 g/mol. The number of hydrogen-bond donors (Lipinski definition) is 0. The van der Waals surface area contributed by atoms with E-state index in [9.17, 15) is 5.26 Å². The Balaban J connectivity index is 1.97. The molecule has 0 bridgehead atoms. The van der Waals surface area contributed by atoms with E-state index in [1.54, 1.807) is 0 Å². The van der Waals surface area contributed by atoms with Crippen molar-refractivity contribution in [2.75, 3.05) is 6.61 Å². The number of hydrogen-bond acceptors (Lipinski definition) is 2. The first-order valence-electron chi connectivity index (χ1n) is 7.37. The third-order valence-electron chi connectivity index (χ3n) is 3.72. The summed E-state index contributed by atoms with van der Waals surface area (Å²) in [5.41, 5.74) is 4.25. The molecule has 0 heterocycles. The minimum Gasteiger partial charge on any atom is -0.494 e. The lowest BCUT2D eigenvalue weighted by atomic mass is 9.97. The second-order valence-electron chi connectivity index (χ2n) is 5.60. The summed E-state index contributed by atoms with van der Waals surface area (Å²) in [5.74, 6) is 0.662. The van der Waals surface area contributed by atoms with Gasteiger partial charge in [0.25, 0.3) is 0 Å².